The van der Waals surface area contributed by atoms with Crippen LogP contribution in [0.1, 0.15) is 41.0 Å². The number of rotatable bonds is 7. The van der Waals surface area contributed by atoms with E-state index in [0.717, 1.165) is 12.2 Å². The Morgan fingerprint density at radius 1 is 1.00 bits per heavy atom. The van der Waals surface area contributed by atoms with E-state index in [1.54, 1.807) is 55.6 Å². The Hall–Kier alpha value is -2.82. The standard InChI is InChI=1S/C20H24N2O3/c1-14(2)11-12-25-18-9-7-15(8-10-18)20(24)22-17-6-4-5-16(13-17)19(23)21-3/h4-10,13-14H,11-12H2,1-3H3,(H,21,23)(H,22,24). The number of amides is 2. The number of ether oxygens (including phenoxy) is 1. The number of hydrogen-bond acceptors (Lipinski definition) is 3. The summed E-state index contributed by atoms with van der Waals surface area (Å²) in [5.74, 6) is 0.913. The van der Waals surface area contributed by atoms with E-state index >= 15 is 0 Å². The molecule has 2 N–H and O–H groups in total. The Kier molecular flexibility index (Phi) is 6.57. The van der Waals surface area contributed by atoms with Crippen LogP contribution in [0.3, 0.4) is 0 Å². The summed E-state index contributed by atoms with van der Waals surface area (Å²) in [4.78, 5) is 24.0. The van der Waals surface area contributed by atoms with E-state index in [4.69, 9.17) is 4.74 Å². The highest BCUT2D eigenvalue weighted by molar-refractivity contribution is 6.05. The first-order valence-corrected chi connectivity index (χ1v) is 8.36. The lowest BCUT2D eigenvalue weighted by Gasteiger charge is -2.09. The van der Waals surface area contributed by atoms with Gasteiger partial charge in [-0.3, -0.25) is 9.59 Å². The van der Waals surface area contributed by atoms with Gasteiger partial charge in [-0.1, -0.05) is 19.9 Å². The fourth-order valence-corrected chi connectivity index (χ4v) is 2.20. The van der Waals surface area contributed by atoms with Crippen LogP contribution in [0.5, 0.6) is 5.75 Å². The maximum Gasteiger partial charge on any atom is 0.255 e. The van der Waals surface area contributed by atoms with Crippen molar-refractivity contribution >= 4 is 17.5 Å². The first-order valence-electron chi connectivity index (χ1n) is 8.36. The number of benzene rings is 2. The zero-order chi connectivity index (χ0) is 18.2. The van der Waals surface area contributed by atoms with Gasteiger partial charge in [0.1, 0.15) is 5.75 Å². The molecule has 2 aromatic carbocycles. The molecule has 0 aliphatic heterocycles. The summed E-state index contributed by atoms with van der Waals surface area (Å²) in [5, 5.41) is 5.35. The van der Waals surface area contributed by atoms with E-state index < -0.39 is 0 Å². The molecule has 0 saturated carbocycles. The first-order chi connectivity index (χ1) is 12.0. The van der Waals surface area contributed by atoms with E-state index in [1.165, 1.54) is 0 Å². The predicted molar refractivity (Wildman–Crippen MR) is 99.2 cm³/mol. The Morgan fingerprint density at radius 2 is 1.72 bits per heavy atom. The lowest BCUT2D eigenvalue weighted by atomic mass is 10.1. The Balaban J connectivity index is 1.98. The maximum atomic E-state index is 12.3. The number of nitrogens with one attached hydrogen (secondary N) is 2. The van der Waals surface area contributed by atoms with Crippen molar-refractivity contribution < 1.29 is 14.3 Å². The zero-order valence-electron chi connectivity index (χ0n) is 14.8. The minimum Gasteiger partial charge on any atom is -0.494 e. The Bertz CT molecular complexity index is 724. The summed E-state index contributed by atoms with van der Waals surface area (Å²) in [6.07, 6.45) is 0.990. The van der Waals surface area contributed by atoms with Crippen LogP contribution in [0.25, 0.3) is 0 Å². The van der Waals surface area contributed by atoms with E-state index in [2.05, 4.69) is 24.5 Å². The highest BCUT2D eigenvalue weighted by atomic mass is 16.5. The summed E-state index contributed by atoms with van der Waals surface area (Å²) < 4.78 is 5.65. The molecule has 132 valence electrons. The van der Waals surface area contributed by atoms with Gasteiger partial charge in [0.05, 0.1) is 6.61 Å². The number of anilines is 1. The molecule has 0 spiro atoms. The Labute approximate surface area is 148 Å². The van der Waals surface area contributed by atoms with E-state index in [0.29, 0.717) is 29.3 Å². The predicted octanol–water partition coefficient (Wildman–Crippen LogP) is 3.72. The second-order valence-corrected chi connectivity index (χ2v) is 6.17. The van der Waals surface area contributed by atoms with Gasteiger partial charge in [0.15, 0.2) is 0 Å². The topological polar surface area (TPSA) is 67.4 Å². The third kappa shape index (κ3) is 5.64. The normalized spacial score (nSPS) is 10.4. The van der Waals surface area contributed by atoms with E-state index in [9.17, 15) is 9.59 Å². The lowest BCUT2D eigenvalue weighted by molar-refractivity contribution is 0.0961. The molecule has 5 nitrogen and oxygen atoms in total. The van der Waals surface area contributed by atoms with Crippen molar-refractivity contribution in [1.82, 2.24) is 5.32 Å². The summed E-state index contributed by atoms with van der Waals surface area (Å²) in [6, 6.07) is 13.8. The van der Waals surface area contributed by atoms with Crippen molar-refractivity contribution in [1.29, 1.82) is 0 Å². The SMILES string of the molecule is CNC(=O)c1cccc(NC(=O)c2ccc(OCCC(C)C)cc2)c1. The molecule has 0 bridgehead atoms. The van der Waals surface area contributed by atoms with Crippen LogP contribution in [0, 0.1) is 5.92 Å². The van der Waals surface area contributed by atoms with Crippen LogP contribution in [0.4, 0.5) is 5.69 Å². The molecule has 5 heteroatoms. The molecule has 25 heavy (non-hydrogen) atoms. The molecule has 2 aromatic rings. The van der Waals surface area contributed by atoms with Crippen LogP contribution in [0.2, 0.25) is 0 Å². The molecular weight excluding hydrogens is 316 g/mol. The van der Waals surface area contributed by atoms with Gasteiger partial charge in [0.25, 0.3) is 11.8 Å². The van der Waals surface area contributed by atoms with Gasteiger partial charge in [-0.15, -0.1) is 0 Å². The molecule has 0 atom stereocenters. The second kappa shape index (κ2) is 8.87. The molecule has 0 radical (unpaired) electrons. The van der Waals surface area contributed by atoms with Gasteiger partial charge in [0, 0.05) is 23.9 Å². The van der Waals surface area contributed by atoms with Crippen molar-refractivity contribution in [2.75, 3.05) is 19.0 Å². The van der Waals surface area contributed by atoms with Crippen molar-refractivity contribution in [2.45, 2.75) is 20.3 Å². The molecule has 0 fully saturated rings. The summed E-state index contributed by atoms with van der Waals surface area (Å²) >= 11 is 0. The van der Waals surface area contributed by atoms with Crippen LogP contribution in [-0.2, 0) is 0 Å². The lowest BCUT2D eigenvalue weighted by Crippen LogP contribution is -2.18. The van der Waals surface area contributed by atoms with Crippen LogP contribution in [-0.4, -0.2) is 25.5 Å². The molecule has 0 aliphatic carbocycles. The maximum absolute atomic E-state index is 12.3. The highest BCUT2D eigenvalue weighted by Crippen LogP contribution is 2.16. The minimum absolute atomic E-state index is 0.195. The van der Waals surface area contributed by atoms with E-state index in [-0.39, 0.29) is 11.8 Å². The van der Waals surface area contributed by atoms with Crippen molar-refractivity contribution in [3.63, 3.8) is 0 Å². The molecule has 0 saturated heterocycles. The summed E-state index contributed by atoms with van der Waals surface area (Å²) in [5.41, 5.74) is 1.60. The quantitative estimate of drug-likeness (QED) is 0.807. The number of carbonyl (C=O) groups excluding carboxylic acids is 2. The smallest absolute Gasteiger partial charge is 0.255 e. The highest BCUT2D eigenvalue weighted by Gasteiger charge is 2.09. The number of hydrogen-bond donors (Lipinski definition) is 2. The average molecular weight is 340 g/mol. The van der Waals surface area contributed by atoms with Gasteiger partial charge in [-0.25, -0.2) is 0 Å². The molecule has 0 aromatic heterocycles. The van der Waals surface area contributed by atoms with Gasteiger partial charge < -0.3 is 15.4 Å². The van der Waals surface area contributed by atoms with E-state index in [1.807, 2.05) is 0 Å². The fourth-order valence-electron chi connectivity index (χ4n) is 2.20. The molecule has 0 heterocycles. The van der Waals surface area contributed by atoms with Crippen LogP contribution < -0.4 is 15.4 Å². The average Bonchev–Trinajstić information content (AvgIpc) is 2.61. The van der Waals surface area contributed by atoms with Crippen LogP contribution >= 0.6 is 0 Å². The van der Waals surface area contributed by atoms with Crippen molar-refractivity contribution in [3.05, 3.63) is 59.7 Å². The molecule has 2 amide bonds. The van der Waals surface area contributed by atoms with Gasteiger partial charge in [-0.05, 0) is 54.8 Å². The Morgan fingerprint density at radius 3 is 2.36 bits per heavy atom. The van der Waals surface area contributed by atoms with Crippen molar-refractivity contribution in [3.8, 4) is 5.75 Å². The molecular formula is C20H24N2O3. The summed E-state index contributed by atoms with van der Waals surface area (Å²) in [7, 11) is 1.57. The molecule has 0 aliphatic rings. The van der Waals surface area contributed by atoms with Crippen LogP contribution in [0.15, 0.2) is 48.5 Å². The van der Waals surface area contributed by atoms with Gasteiger partial charge in [0.2, 0.25) is 0 Å². The largest absolute Gasteiger partial charge is 0.494 e. The third-order valence-electron chi connectivity index (χ3n) is 3.69. The van der Waals surface area contributed by atoms with Crippen molar-refractivity contribution in [2.24, 2.45) is 5.92 Å². The monoisotopic (exact) mass is 340 g/mol. The summed E-state index contributed by atoms with van der Waals surface area (Å²) in [6.45, 7) is 4.96. The third-order valence-corrected chi connectivity index (χ3v) is 3.69. The van der Waals surface area contributed by atoms with Gasteiger partial charge in [-0.2, -0.15) is 0 Å². The zero-order valence-corrected chi connectivity index (χ0v) is 14.8. The minimum atomic E-state index is -0.234. The van der Waals surface area contributed by atoms with Gasteiger partial charge >= 0.3 is 0 Å². The molecule has 2 rings (SSSR count). The first kappa shape index (κ1) is 18.5. The second-order valence-electron chi connectivity index (χ2n) is 6.17. The number of carbonyl (C=O) groups is 2. The fraction of sp³-hybridized carbons (Fsp3) is 0.300. The molecule has 0 unspecified atom stereocenters.